The SMILES string of the molecule is C[Si](C)(C)C#CC(O)P(=[Se])(CCc1ccccc1)CCc1ccccc1. The number of hydrogen-bond acceptors (Lipinski definition) is 1. The zero-order valence-corrected chi connectivity index (χ0v) is 19.6. The number of aliphatic hydroxyl groups excluding tert-OH is 1. The van der Waals surface area contributed by atoms with Gasteiger partial charge in [-0.1, -0.05) is 0 Å². The maximum absolute atomic E-state index is 11.0. The van der Waals surface area contributed by atoms with E-state index >= 15 is 0 Å². The van der Waals surface area contributed by atoms with E-state index in [4.69, 9.17) is 0 Å². The third-order valence-corrected chi connectivity index (χ3v) is 11.7. The van der Waals surface area contributed by atoms with E-state index in [1.807, 2.05) is 12.1 Å². The van der Waals surface area contributed by atoms with Gasteiger partial charge in [0.25, 0.3) is 0 Å². The van der Waals surface area contributed by atoms with Crippen molar-refractivity contribution in [3.8, 4) is 11.5 Å². The molecule has 26 heavy (non-hydrogen) atoms. The fourth-order valence-corrected chi connectivity index (χ4v) is 7.14. The van der Waals surface area contributed by atoms with Crippen LogP contribution in [-0.4, -0.2) is 46.4 Å². The Morgan fingerprint density at radius 1 is 0.885 bits per heavy atom. The molecular formula is C22H29OPSeSi. The van der Waals surface area contributed by atoms with Gasteiger partial charge in [0.15, 0.2) is 0 Å². The molecule has 0 spiro atoms. The first-order valence-electron chi connectivity index (χ1n) is 9.15. The second-order valence-electron chi connectivity index (χ2n) is 7.76. The maximum atomic E-state index is 11.0. The molecule has 2 aromatic carbocycles. The summed E-state index contributed by atoms with van der Waals surface area (Å²) in [7, 11) is -1.49. The molecule has 0 saturated carbocycles. The standard InChI is InChI=1S/C22H29OPSeSi/c1-26(2,3)19-16-22(23)24(25,17-14-20-10-6-4-7-11-20)18-15-21-12-8-5-9-13-21/h4-13,22-23H,14-15,17-18H2,1-3H3. The number of benzene rings is 2. The Balaban J connectivity index is 2.15. The molecule has 0 aliphatic carbocycles. The summed E-state index contributed by atoms with van der Waals surface area (Å²) in [6, 6.07) is 21.1. The van der Waals surface area contributed by atoms with Gasteiger partial charge in [0.05, 0.1) is 0 Å². The van der Waals surface area contributed by atoms with Gasteiger partial charge in [-0.15, -0.1) is 0 Å². The normalized spacial score (nSPS) is 12.9. The van der Waals surface area contributed by atoms with Gasteiger partial charge in [0, 0.05) is 0 Å². The summed E-state index contributed by atoms with van der Waals surface area (Å²) in [5, 5.41) is 11.0. The van der Waals surface area contributed by atoms with Crippen LogP contribution in [0.3, 0.4) is 0 Å². The first kappa shape index (κ1) is 21.4. The number of aryl methyl sites for hydroxylation is 2. The summed E-state index contributed by atoms with van der Waals surface area (Å²) in [4.78, 5) is 0. The molecule has 0 radical (unpaired) electrons. The van der Waals surface area contributed by atoms with Gasteiger partial charge in [-0.25, -0.2) is 0 Å². The van der Waals surface area contributed by atoms with Gasteiger partial charge in [-0.05, 0) is 0 Å². The summed E-state index contributed by atoms with van der Waals surface area (Å²) >= 11 is 3.44. The summed E-state index contributed by atoms with van der Waals surface area (Å²) in [5.41, 5.74) is 4.33. The molecule has 0 fully saturated rings. The Kier molecular flexibility index (Phi) is 8.15. The van der Waals surface area contributed by atoms with Crippen molar-refractivity contribution in [1.82, 2.24) is 0 Å². The Hall–Kier alpha value is -0.874. The summed E-state index contributed by atoms with van der Waals surface area (Å²) in [6.45, 7) is 6.67. The van der Waals surface area contributed by atoms with Gasteiger partial charge in [0.1, 0.15) is 0 Å². The van der Waals surface area contributed by atoms with Crippen molar-refractivity contribution in [3.63, 3.8) is 0 Å². The average molecular weight is 447 g/mol. The van der Waals surface area contributed by atoms with Crippen LogP contribution in [0.4, 0.5) is 0 Å². The predicted molar refractivity (Wildman–Crippen MR) is 120 cm³/mol. The van der Waals surface area contributed by atoms with Crippen molar-refractivity contribution in [2.45, 2.75) is 38.3 Å². The first-order chi connectivity index (χ1) is 12.3. The van der Waals surface area contributed by atoms with Crippen molar-refractivity contribution in [3.05, 3.63) is 71.8 Å². The van der Waals surface area contributed by atoms with Crippen LogP contribution in [-0.2, 0) is 12.8 Å². The predicted octanol–water partition coefficient (Wildman–Crippen LogP) is 4.77. The fourth-order valence-electron chi connectivity index (χ4n) is 2.68. The zero-order chi connectivity index (χ0) is 19.0. The summed E-state index contributed by atoms with van der Waals surface area (Å²) in [5.74, 6) is 2.69. The van der Waals surface area contributed by atoms with Gasteiger partial charge in [-0.2, -0.15) is 0 Å². The molecule has 0 saturated heterocycles. The van der Waals surface area contributed by atoms with Crippen molar-refractivity contribution < 1.29 is 5.11 Å². The van der Waals surface area contributed by atoms with E-state index < -0.39 is 19.4 Å². The van der Waals surface area contributed by atoms with E-state index in [1.165, 1.54) is 11.1 Å². The minimum atomic E-state index is -1.70. The van der Waals surface area contributed by atoms with Crippen molar-refractivity contribution in [2.75, 3.05) is 12.3 Å². The molecule has 0 aromatic heterocycles. The monoisotopic (exact) mass is 448 g/mol. The molecule has 2 rings (SSSR count). The molecule has 4 heteroatoms. The second kappa shape index (κ2) is 9.89. The molecule has 0 aliphatic heterocycles. The van der Waals surface area contributed by atoms with Crippen LogP contribution in [0, 0.1) is 11.5 Å². The number of rotatable bonds is 7. The van der Waals surface area contributed by atoms with Crippen LogP contribution in [0.2, 0.25) is 19.6 Å². The zero-order valence-electron chi connectivity index (χ0n) is 16.0. The van der Waals surface area contributed by atoms with Gasteiger partial charge < -0.3 is 0 Å². The van der Waals surface area contributed by atoms with E-state index in [9.17, 15) is 5.11 Å². The fraction of sp³-hybridized carbons (Fsp3) is 0.364. The van der Waals surface area contributed by atoms with Crippen molar-refractivity contribution in [1.29, 1.82) is 0 Å². The second-order valence-corrected chi connectivity index (χ2v) is 20.4. The van der Waals surface area contributed by atoms with Crippen LogP contribution in [0.15, 0.2) is 60.7 Å². The molecule has 1 N–H and O–H groups in total. The Labute approximate surface area is 167 Å². The third-order valence-electron chi connectivity index (χ3n) is 4.27. The van der Waals surface area contributed by atoms with Gasteiger partial charge in [-0.3, -0.25) is 0 Å². The van der Waals surface area contributed by atoms with Crippen LogP contribution in [0.25, 0.3) is 0 Å². The molecular weight excluding hydrogens is 418 g/mol. The Bertz CT molecular complexity index is 740. The molecule has 0 aliphatic rings. The summed E-state index contributed by atoms with van der Waals surface area (Å²) in [6.07, 6.45) is 3.96. The van der Waals surface area contributed by atoms with Gasteiger partial charge >= 0.3 is 168 Å². The quantitative estimate of drug-likeness (QED) is 0.368. The molecule has 0 amide bonds. The average Bonchev–Trinajstić information content (AvgIpc) is 2.64. The number of hydrogen-bond donors (Lipinski definition) is 1. The molecule has 1 unspecified atom stereocenters. The molecule has 0 bridgehead atoms. The van der Waals surface area contributed by atoms with Crippen molar-refractivity contribution in [2.24, 2.45) is 0 Å². The third kappa shape index (κ3) is 7.40. The van der Waals surface area contributed by atoms with E-state index in [2.05, 4.69) is 94.7 Å². The van der Waals surface area contributed by atoms with Crippen LogP contribution >= 0.6 is 5.51 Å². The molecule has 138 valence electrons. The van der Waals surface area contributed by atoms with Crippen LogP contribution in [0.1, 0.15) is 11.1 Å². The first-order valence-corrected chi connectivity index (χ1v) is 17.1. The molecule has 2 aromatic rings. The van der Waals surface area contributed by atoms with E-state index in [-0.39, 0.29) is 0 Å². The molecule has 1 nitrogen and oxygen atoms in total. The van der Waals surface area contributed by atoms with E-state index in [1.54, 1.807) is 0 Å². The molecule has 1 atom stereocenters. The van der Waals surface area contributed by atoms with Crippen LogP contribution in [0.5, 0.6) is 0 Å². The van der Waals surface area contributed by atoms with Crippen molar-refractivity contribution >= 4 is 28.7 Å². The van der Waals surface area contributed by atoms with E-state index in [0.717, 1.165) is 25.2 Å². The van der Waals surface area contributed by atoms with E-state index in [0.29, 0.717) is 0 Å². The topological polar surface area (TPSA) is 20.2 Å². The summed E-state index contributed by atoms with van der Waals surface area (Å²) < 4.78 is 0. The Morgan fingerprint density at radius 3 is 1.69 bits per heavy atom. The van der Waals surface area contributed by atoms with Crippen LogP contribution < -0.4 is 0 Å². The Morgan fingerprint density at radius 2 is 1.31 bits per heavy atom. The van der Waals surface area contributed by atoms with Gasteiger partial charge in [0.2, 0.25) is 0 Å². The minimum absolute atomic E-state index is 0.526. The number of aliphatic hydroxyl groups is 1. The molecule has 0 heterocycles.